The molecule has 0 aromatic heterocycles. The van der Waals surface area contributed by atoms with Crippen LogP contribution in [0.25, 0.3) is 11.1 Å². The zero-order valence-corrected chi connectivity index (χ0v) is 24.5. The minimum atomic E-state index is -1.50. The normalized spacial score (nSPS) is 27.0. The number of aromatic hydroxyl groups is 1. The number of nitrogens with zero attached hydrogens (tertiary/aromatic N) is 1. The highest BCUT2D eigenvalue weighted by Gasteiger charge is 2.46. The van der Waals surface area contributed by atoms with Gasteiger partial charge >= 0.3 is 6.09 Å². The number of cyclic esters (lactones) is 1. The Hall–Kier alpha value is -4.36. The highest BCUT2D eigenvalue weighted by atomic mass is 19.1. The van der Waals surface area contributed by atoms with Crippen molar-refractivity contribution < 1.29 is 49.3 Å². The van der Waals surface area contributed by atoms with Crippen molar-refractivity contribution in [3.05, 3.63) is 120 Å². The molecule has 1 unspecified atom stereocenters. The number of hydrogen-bond acceptors (Lipinski definition) is 9. The second kappa shape index (κ2) is 13.2. The molecule has 240 valence electrons. The number of aliphatic hydroxyl groups excluding tert-OH is 5. The Kier molecular flexibility index (Phi) is 9.05. The van der Waals surface area contributed by atoms with Crippen LogP contribution in [0.3, 0.4) is 0 Å². The number of carbonyl (C=O) groups is 1. The van der Waals surface area contributed by atoms with E-state index in [4.69, 9.17) is 9.47 Å². The summed E-state index contributed by atoms with van der Waals surface area (Å²) in [5.41, 5.74) is 3.26. The molecule has 0 saturated carbocycles. The van der Waals surface area contributed by atoms with Gasteiger partial charge in [0, 0.05) is 17.7 Å². The van der Waals surface area contributed by atoms with E-state index in [0.717, 1.165) is 0 Å². The first-order valence-electron chi connectivity index (χ1n) is 14.9. The van der Waals surface area contributed by atoms with Crippen molar-refractivity contribution in [3.63, 3.8) is 0 Å². The van der Waals surface area contributed by atoms with Crippen LogP contribution in [-0.2, 0) is 9.47 Å². The molecule has 0 spiro atoms. The molecule has 8 atom stereocenters. The van der Waals surface area contributed by atoms with Gasteiger partial charge in [-0.3, -0.25) is 4.90 Å². The summed E-state index contributed by atoms with van der Waals surface area (Å²) < 4.78 is 24.9. The number of phenols is 1. The molecule has 0 bridgehead atoms. The molecular formula is C35H34FNO9. The molecule has 11 heteroatoms. The molecule has 0 aliphatic carbocycles. The number of hydrogen-bond donors (Lipinski definition) is 6. The van der Waals surface area contributed by atoms with Crippen molar-refractivity contribution in [1.29, 1.82) is 0 Å². The number of phenolic OH excluding ortho intramolecular Hbond substituents is 1. The average Bonchev–Trinajstić information content (AvgIpc) is 3.39. The molecule has 46 heavy (non-hydrogen) atoms. The summed E-state index contributed by atoms with van der Waals surface area (Å²) in [6, 6.07) is 25.3. The van der Waals surface area contributed by atoms with Gasteiger partial charge in [-0.25, -0.2) is 9.18 Å². The van der Waals surface area contributed by atoms with Crippen LogP contribution in [0.15, 0.2) is 97.1 Å². The number of aliphatic hydroxyl groups is 5. The predicted octanol–water partition coefficient (Wildman–Crippen LogP) is 3.90. The van der Waals surface area contributed by atoms with Crippen LogP contribution in [-0.4, -0.2) is 73.9 Å². The third kappa shape index (κ3) is 6.08. The Morgan fingerprint density at radius 1 is 0.804 bits per heavy atom. The van der Waals surface area contributed by atoms with Gasteiger partial charge in [0.05, 0.1) is 12.7 Å². The Balaban J connectivity index is 1.28. The van der Waals surface area contributed by atoms with E-state index in [1.54, 1.807) is 66.7 Å². The van der Waals surface area contributed by atoms with Crippen molar-refractivity contribution in [3.8, 4) is 16.9 Å². The smallest absolute Gasteiger partial charge is 0.415 e. The van der Waals surface area contributed by atoms with Gasteiger partial charge in [0.15, 0.2) is 0 Å². The number of carbonyl (C=O) groups excluding carboxylic acids is 1. The Labute approximate surface area is 264 Å². The van der Waals surface area contributed by atoms with E-state index in [1.165, 1.54) is 29.2 Å². The third-order valence-corrected chi connectivity index (χ3v) is 8.64. The van der Waals surface area contributed by atoms with Gasteiger partial charge in [0.2, 0.25) is 0 Å². The molecule has 6 rings (SSSR count). The topological polar surface area (TPSA) is 160 Å². The van der Waals surface area contributed by atoms with Gasteiger partial charge in [-0.15, -0.1) is 0 Å². The molecule has 10 nitrogen and oxygen atoms in total. The molecule has 4 aromatic carbocycles. The number of amides is 1. The average molecular weight is 632 g/mol. The van der Waals surface area contributed by atoms with E-state index in [2.05, 4.69) is 0 Å². The molecule has 4 aromatic rings. The zero-order valence-electron chi connectivity index (χ0n) is 24.5. The first kappa shape index (κ1) is 31.6. The van der Waals surface area contributed by atoms with Gasteiger partial charge in [0.1, 0.15) is 54.2 Å². The second-order valence-electron chi connectivity index (χ2n) is 11.5. The molecule has 2 aliphatic heterocycles. The number of ether oxygens (including phenoxy) is 2. The van der Waals surface area contributed by atoms with Crippen LogP contribution >= 0.6 is 0 Å². The van der Waals surface area contributed by atoms with Crippen molar-refractivity contribution in [2.24, 2.45) is 0 Å². The number of anilines is 1. The van der Waals surface area contributed by atoms with Crippen LogP contribution < -0.4 is 4.90 Å². The van der Waals surface area contributed by atoms with Crippen LogP contribution in [0.1, 0.15) is 41.4 Å². The Morgan fingerprint density at radius 2 is 1.48 bits per heavy atom. The van der Waals surface area contributed by atoms with E-state index in [0.29, 0.717) is 33.5 Å². The maximum atomic E-state index is 13.5. The standard InChI is InChI=1S/C35H34FNO9/c36-23-13-10-20(11-14-23)26(39)17-28-30(37(35(44)46-28)24-4-2-1-3-5-24)25-15-12-22(16-27(25)40)19-6-8-21(9-7-19)34-33(43)32(42)31(41)29(18-38)45-34/h1-16,26,28-34,38-43H,17-18H2/t26?,28-,29-,30-,31-,32+,33-,34+/m1/s1. The highest BCUT2D eigenvalue weighted by Crippen LogP contribution is 2.44. The summed E-state index contributed by atoms with van der Waals surface area (Å²) in [4.78, 5) is 14.7. The van der Waals surface area contributed by atoms with E-state index < -0.39 is 67.3 Å². The lowest BCUT2D eigenvalue weighted by molar-refractivity contribution is -0.231. The van der Waals surface area contributed by atoms with Gasteiger partial charge in [0.25, 0.3) is 0 Å². The second-order valence-corrected chi connectivity index (χ2v) is 11.5. The van der Waals surface area contributed by atoms with Crippen LogP contribution in [0.2, 0.25) is 0 Å². The van der Waals surface area contributed by atoms with Gasteiger partial charge in [-0.05, 0) is 52.6 Å². The molecule has 2 fully saturated rings. The third-order valence-electron chi connectivity index (χ3n) is 8.64. The van der Waals surface area contributed by atoms with Crippen LogP contribution in [0, 0.1) is 5.82 Å². The minimum Gasteiger partial charge on any atom is -0.508 e. The van der Waals surface area contributed by atoms with Gasteiger partial charge < -0.3 is 40.1 Å². The Morgan fingerprint density at radius 3 is 2.13 bits per heavy atom. The molecular weight excluding hydrogens is 597 g/mol. The van der Waals surface area contributed by atoms with Crippen molar-refractivity contribution >= 4 is 11.8 Å². The molecule has 1 amide bonds. The van der Waals surface area contributed by atoms with Crippen LogP contribution in [0.5, 0.6) is 5.75 Å². The monoisotopic (exact) mass is 631 g/mol. The predicted molar refractivity (Wildman–Crippen MR) is 164 cm³/mol. The first-order chi connectivity index (χ1) is 22.2. The van der Waals surface area contributed by atoms with Crippen molar-refractivity contribution in [2.75, 3.05) is 11.5 Å². The minimum absolute atomic E-state index is 0.00796. The molecule has 2 heterocycles. The molecule has 0 radical (unpaired) electrons. The summed E-state index contributed by atoms with van der Waals surface area (Å²) in [6.45, 7) is -0.531. The van der Waals surface area contributed by atoms with Crippen LogP contribution in [0.4, 0.5) is 14.9 Å². The zero-order chi connectivity index (χ0) is 32.5. The first-order valence-corrected chi connectivity index (χ1v) is 14.9. The number of halogens is 1. The fourth-order valence-corrected chi connectivity index (χ4v) is 6.16. The summed E-state index contributed by atoms with van der Waals surface area (Å²) >= 11 is 0. The Bertz CT molecular complexity index is 1650. The van der Waals surface area contributed by atoms with Gasteiger partial charge in [-0.1, -0.05) is 66.7 Å². The SMILES string of the molecule is O=C1O[C@H](CC(O)c2ccc(F)cc2)[C@@H](c2ccc(-c3ccc([C@@H]4O[C@H](CO)[C@@H](O)[C@H](O)[C@H]4O)cc3)cc2O)N1c1ccccc1. The van der Waals surface area contributed by atoms with E-state index in [-0.39, 0.29) is 12.2 Å². The maximum Gasteiger partial charge on any atom is 0.415 e. The summed E-state index contributed by atoms with van der Waals surface area (Å²) in [5.74, 6) is -0.550. The lowest BCUT2D eigenvalue weighted by Gasteiger charge is -2.40. The largest absolute Gasteiger partial charge is 0.508 e. The fraction of sp³-hybridized carbons (Fsp3) is 0.286. The lowest BCUT2D eigenvalue weighted by Crippen LogP contribution is -2.55. The highest BCUT2D eigenvalue weighted by molar-refractivity contribution is 5.91. The number of benzene rings is 4. The van der Waals surface area contributed by atoms with Crippen molar-refractivity contribution in [2.45, 2.75) is 55.2 Å². The quantitative estimate of drug-likeness (QED) is 0.170. The molecule has 6 N–H and O–H groups in total. The number of rotatable bonds is 8. The molecule has 2 aliphatic rings. The summed E-state index contributed by atoms with van der Waals surface area (Å²) in [6.07, 6.45) is -8.95. The van der Waals surface area contributed by atoms with E-state index >= 15 is 0 Å². The van der Waals surface area contributed by atoms with Crippen molar-refractivity contribution in [1.82, 2.24) is 0 Å². The summed E-state index contributed by atoms with van der Waals surface area (Å²) in [5, 5.41) is 62.6. The summed E-state index contributed by atoms with van der Waals surface area (Å²) in [7, 11) is 0. The lowest BCUT2D eigenvalue weighted by atomic mass is 9.90. The van der Waals surface area contributed by atoms with E-state index in [1.807, 2.05) is 6.07 Å². The fourth-order valence-electron chi connectivity index (χ4n) is 6.16. The maximum absolute atomic E-state index is 13.5. The van der Waals surface area contributed by atoms with E-state index in [9.17, 15) is 39.8 Å². The number of para-hydroxylation sites is 1. The van der Waals surface area contributed by atoms with Gasteiger partial charge in [-0.2, -0.15) is 0 Å². The molecule has 2 saturated heterocycles.